The molecule has 0 spiro atoms. The number of nitrogens with zero attached hydrogens (tertiary/aromatic N) is 1. The van der Waals surface area contributed by atoms with Gasteiger partial charge in [-0.2, -0.15) is 0 Å². The third-order valence-corrected chi connectivity index (χ3v) is 3.68. The highest BCUT2D eigenvalue weighted by Gasteiger charge is 2.17. The number of rotatable bonds is 1. The topological polar surface area (TPSA) is 71.8 Å². The van der Waals surface area contributed by atoms with Crippen LogP contribution in [0.3, 0.4) is 0 Å². The van der Waals surface area contributed by atoms with E-state index in [1.807, 2.05) is 12.3 Å². The van der Waals surface area contributed by atoms with Crippen LogP contribution in [0.5, 0.6) is 0 Å². The number of nitrogens with one attached hydrogen (secondary N) is 1. The molecule has 0 unspecified atom stereocenters. The zero-order valence-electron chi connectivity index (χ0n) is 10.3. The summed E-state index contributed by atoms with van der Waals surface area (Å²) in [6, 6.07) is 3.82. The molecule has 5 heteroatoms. The van der Waals surface area contributed by atoms with Crippen LogP contribution in [-0.2, 0) is 12.8 Å². The molecule has 3 rings (SSSR count). The quantitative estimate of drug-likeness (QED) is 0.772. The van der Waals surface area contributed by atoms with Crippen molar-refractivity contribution in [1.29, 1.82) is 0 Å². The number of pyridine rings is 2. The zero-order chi connectivity index (χ0) is 13.4. The van der Waals surface area contributed by atoms with Crippen LogP contribution in [0.25, 0.3) is 11.1 Å². The summed E-state index contributed by atoms with van der Waals surface area (Å²) in [4.78, 5) is 19.1. The molecule has 4 nitrogen and oxygen atoms in total. The van der Waals surface area contributed by atoms with Crippen LogP contribution < -0.4 is 11.3 Å². The maximum Gasteiger partial charge on any atom is 0.258 e. The van der Waals surface area contributed by atoms with Crippen molar-refractivity contribution >= 4 is 17.2 Å². The Morgan fingerprint density at radius 3 is 3.00 bits per heavy atom. The first kappa shape index (κ1) is 12.0. The second kappa shape index (κ2) is 4.59. The monoisotopic (exact) mass is 271 g/mol. The Bertz CT molecular complexity index is 721. The summed E-state index contributed by atoms with van der Waals surface area (Å²) in [7, 11) is 0. The van der Waals surface area contributed by atoms with Crippen molar-refractivity contribution < 1.29 is 0 Å². The number of nitrogens with two attached hydrogens (primary N) is 1. The first-order valence-corrected chi connectivity index (χ1v) is 6.57. The molecule has 0 saturated carbocycles. The summed E-state index contributed by atoms with van der Waals surface area (Å²) in [5.41, 5.74) is 9.99. The van der Waals surface area contributed by atoms with E-state index in [0.717, 1.165) is 36.1 Å². The van der Waals surface area contributed by atoms with Crippen LogP contribution in [0.15, 0.2) is 29.3 Å². The van der Waals surface area contributed by atoms with Gasteiger partial charge < -0.3 is 10.7 Å². The highest BCUT2D eigenvalue weighted by molar-refractivity contribution is 7.80. The second-order valence-electron chi connectivity index (χ2n) is 4.65. The lowest BCUT2D eigenvalue weighted by Crippen LogP contribution is -2.24. The summed E-state index contributed by atoms with van der Waals surface area (Å²) in [6.45, 7) is 0. The van der Waals surface area contributed by atoms with Crippen LogP contribution in [0.4, 0.5) is 0 Å². The van der Waals surface area contributed by atoms with Gasteiger partial charge in [0.15, 0.2) is 0 Å². The molecule has 0 fully saturated rings. The molecule has 96 valence electrons. The molecule has 2 aromatic heterocycles. The molecule has 0 saturated heterocycles. The maximum atomic E-state index is 11.9. The molecule has 3 N–H and O–H groups in total. The van der Waals surface area contributed by atoms with Gasteiger partial charge in [-0.1, -0.05) is 12.2 Å². The smallest absolute Gasteiger partial charge is 0.258 e. The molecule has 0 atom stereocenters. The minimum absolute atomic E-state index is 0.124. The fourth-order valence-corrected chi connectivity index (χ4v) is 2.68. The largest absolute Gasteiger partial charge is 0.389 e. The van der Waals surface area contributed by atoms with Crippen LogP contribution in [0.1, 0.15) is 23.2 Å². The van der Waals surface area contributed by atoms with Gasteiger partial charge in [0, 0.05) is 29.2 Å². The van der Waals surface area contributed by atoms with Gasteiger partial charge in [-0.15, -0.1) is 0 Å². The molecule has 2 aromatic rings. The number of aryl methyl sites for hydroxylation is 2. The lowest BCUT2D eigenvalue weighted by Gasteiger charge is -2.10. The summed E-state index contributed by atoms with van der Waals surface area (Å²) >= 11 is 4.93. The lowest BCUT2D eigenvalue weighted by atomic mass is 10.0. The Morgan fingerprint density at radius 1 is 1.37 bits per heavy atom. The van der Waals surface area contributed by atoms with Crippen molar-refractivity contribution in [2.24, 2.45) is 5.73 Å². The van der Waals surface area contributed by atoms with Crippen LogP contribution in [0, 0.1) is 0 Å². The standard InChI is InChI=1S/C14H13N3OS/c15-13(19)10-6-9-11-7-16-5-4-8(11)2-1-3-12(9)17-14(10)18/h4-7H,1-3H2,(H2,15,19)(H,17,18). The van der Waals surface area contributed by atoms with E-state index in [4.69, 9.17) is 18.0 Å². The van der Waals surface area contributed by atoms with Crippen LogP contribution in [-0.4, -0.2) is 15.0 Å². The van der Waals surface area contributed by atoms with E-state index in [0.29, 0.717) is 5.56 Å². The van der Waals surface area contributed by atoms with Gasteiger partial charge in [0.2, 0.25) is 0 Å². The molecule has 1 aliphatic carbocycles. The molecule has 1 aliphatic rings. The summed E-state index contributed by atoms with van der Waals surface area (Å²) in [6.07, 6.45) is 6.46. The van der Waals surface area contributed by atoms with Crippen molar-refractivity contribution in [3.63, 3.8) is 0 Å². The van der Waals surface area contributed by atoms with Gasteiger partial charge in [-0.05, 0) is 37.0 Å². The first-order valence-electron chi connectivity index (χ1n) is 6.16. The maximum absolute atomic E-state index is 11.9. The van der Waals surface area contributed by atoms with Gasteiger partial charge in [-0.3, -0.25) is 9.78 Å². The van der Waals surface area contributed by atoms with Gasteiger partial charge >= 0.3 is 0 Å². The van der Waals surface area contributed by atoms with E-state index in [9.17, 15) is 4.79 Å². The normalized spacial score (nSPS) is 13.3. The fraction of sp³-hybridized carbons (Fsp3) is 0.214. The average molecular weight is 271 g/mol. The third kappa shape index (κ3) is 2.06. The Hall–Kier alpha value is -2.01. The van der Waals surface area contributed by atoms with E-state index in [-0.39, 0.29) is 10.5 Å². The average Bonchev–Trinajstić information content (AvgIpc) is 2.56. The predicted molar refractivity (Wildman–Crippen MR) is 78.2 cm³/mol. The van der Waals surface area contributed by atoms with Crippen molar-refractivity contribution in [2.75, 3.05) is 0 Å². The minimum atomic E-state index is -0.210. The van der Waals surface area contributed by atoms with E-state index in [1.165, 1.54) is 5.56 Å². The highest BCUT2D eigenvalue weighted by Crippen LogP contribution is 2.30. The molecule has 0 radical (unpaired) electrons. The fourth-order valence-electron chi connectivity index (χ4n) is 2.53. The zero-order valence-corrected chi connectivity index (χ0v) is 11.1. The number of fused-ring (bicyclic) bond motifs is 3. The predicted octanol–water partition coefficient (Wildman–Crippen LogP) is 1.56. The molecule has 19 heavy (non-hydrogen) atoms. The minimum Gasteiger partial charge on any atom is -0.389 e. The second-order valence-corrected chi connectivity index (χ2v) is 5.09. The van der Waals surface area contributed by atoms with Crippen LogP contribution >= 0.6 is 12.2 Å². The van der Waals surface area contributed by atoms with Crippen molar-refractivity contribution in [2.45, 2.75) is 19.3 Å². The third-order valence-electron chi connectivity index (χ3n) is 3.46. The van der Waals surface area contributed by atoms with Crippen LogP contribution in [0.2, 0.25) is 0 Å². The van der Waals surface area contributed by atoms with Gasteiger partial charge in [0.1, 0.15) is 4.99 Å². The number of aromatic nitrogens is 2. The van der Waals surface area contributed by atoms with Gasteiger partial charge in [0.25, 0.3) is 5.56 Å². The number of hydrogen-bond acceptors (Lipinski definition) is 3. The highest BCUT2D eigenvalue weighted by atomic mass is 32.1. The number of H-pyrrole nitrogens is 1. The number of thiocarbonyl (C=S) groups is 1. The van der Waals surface area contributed by atoms with E-state index >= 15 is 0 Å². The van der Waals surface area contributed by atoms with E-state index in [1.54, 1.807) is 12.3 Å². The summed E-state index contributed by atoms with van der Waals surface area (Å²) in [5, 5.41) is 0. The van der Waals surface area contributed by atoms with Gasteiger partial charge in [-0.25, -0.2) is 0 Å². The van der Waals surface area contributed by atoms with Crippen molar-refractivity contribution in [3.8, 4) is 11.1 Å². The molecule has 0 aliphatic heterocycles. The Balaban J connectivity index is 2.31. The lowest BCUT2D eigenvalue weighted by molar-refractivity contribution is 0.810. The Morgan fingerprint density at radius 2 is 2.21 bits per heavy atom. The number of aromatic amines is 1. The SMILES string of the molecule is NC(=S)c1cc2c([nH]c1=O)CCCc1ccncc1-2. The van der Waals surface area contributed by atoms with Gasteiger partial charge in [0.05, 0.1) is 5.56 Å². The molecule has 0 amide bonds. The summed E-state index contributed by atoms with van der Waals surface area (Å²) < 4.78 is 0. The van der Waals surface area contributed by atoms with E-state index < -0.39 is 0 Å². The Labute approximate surface area is 115 Å². The van der Waals surface area contributed by atoms with Crippen molar-refractivity contribution in [3.05, 3.63) is 51.7 Å². The molecular weight excluding hydrogens is 258 g/mol. The van der Waals surface area contributed by atoms with E-state index in [2.05, 4.69) is 9.97 Å². The molecular formula is C14H13N3OS. The molecule has 2 heterocycles. The summed E-state index contributed by atoms with van der Waals surface area (Å²) in [5.74, 6) is 0. The van der Waals surface area contributed by atoms with Crippen molar-refractivity contribution in [1.82, 2.24) is 9.97 Å². The number of hydrogen-bond donors (Lipinski definition) is 2. The molecule has 0 aromatic carbocycles. The Kier molecular flexibility index (Phi) is 2.91. The molecule has 0 bridgehead atoms. The first-order chi connectivity index (χ1) is 9.16.